The Kier molecular flexibility index (Phi) is 4.61. The Hall–Kier alpha value is -1.38. The average molecular weight is 178 g/mol. The van der Waals surface area contributed by atoms with E-state index in [2.05, 4.69) is 17.3 Å². The molecule has 70 valence electrons. The van der Waals surface area contributed by atoms with Crippen LogP contribution in [0.3, 0.4) is 0 Å². The van der Waals surface area contributed by atoms with Crippen molar-refractivity contribution in [1.82, 2.24) is 0 Å². The van der Waals surface area contributed by atoms with Gasteiger partial charge in [-0.1, -0.05) is 31.5 Å². The minimum Gasteiger partial charge on any atom is -0.379 e. The molecule has 0 aliphatic carbocycles. The van der Waals surface area contributed by atoms with Gasteiger partial charge in [0.2, 0.25) is 0 Å². The van der Waals surface area contributed by atoms with Crippen LogP contribution in [-0.4, -0.2) is 6.61 Å². The van der Waals surface area contributed by atoms with Crippen molar-refractivity contribution in [2.45, 2.75) is 19.8 Å². The van der Waals surface area contributed by atoms with Crippen LogP contribution in [0.5, 0.6) is 0 Å². The van der Waals surface area contributed by atoms with Crippen molar-refractivity contribution in [3.8, 4) is 0 Å². The summed E-state index contributed by atoms with van der Waals surface area (Å²) >= 11 is 0. The molecule has 1 rings (SSSR count). The van der Waals surface area contributed by atoms with E-state index >= 15 is 0 Å². The summed E-state index contributed by atoms with van der Waals surface area (Å²) in [5.74, 6) is 0. The molecule has 0 atom stereocenters. The standard InChI is InChI=1S/C10H14N2O/c1-2-3-9-13-12-11-10-7-5-4-6-8-10/h4-8H,2-3,9H2,1H3. The molecule has 0 N–H and O–H groups in total. The fraction of sp³-hybridized carbons (Fsp3) is 0.400. The van der Waals surface area contributed by atoms with Gasteiger partial charge in [-0.25, -0.2) is 0 Å². The van der Waals surface area contributed by atoms with Crippen LogP contribution in [0.2, 0.25) is 0 Å². The van der Waals surface area contributed by atoms with Gasteiger partial charge in [-0.3, -0.25) is 0 Å². The van der Waals surface area contributed by atoms with Crippen LogP contribution in [-0.2, 0) is 4.84 Å². The van der Waals surface area contributed by atoms with Crippen molar-refractivity contribution in [1.29, 1.82) is 0 Å². The van der Waals surface area contributed by atoms with Gasteiger partial charge in [0, 0.05) is 5.28 Å². The molecule has 1 aromatic rings. The van der Waals surface area contributed by atoms with Gasteiger partial charge in [0.05, 0.1) is 5.69 Å². The molecule has 3 heteroatoms. The van der Waals surface area contributed by atoms with E-state index in [0.29, 0.717) is 6.61 Å². The molecular weight excluding hydrogens is 164 g/mol. The van der Waals surface area contributed by atoms with Gasteiger partial charge in [-0.05, 0) is 18.6 Å². The van der Waals surface area contributed by atoms with Crippen molar-refractivity contribution in [3.05, 3.63) is 30.3 Å². The van der Waals surface area contributed by atoms with Crippen LogP contribution in [0.15, 0.2) is 40.7 Å². The molecule has 0 radical (unpaired) electrons. The largest absolute Gasteiger partial charge is 0.379 e. The Labute approximate surface area is 78.4 Å². The molecule has 3 nitrogen and oxygen atoms in total. The minimum atomic E-state index is 0.646. The maximum absolute atomic E-state index is 4.94. The zero-order chi connectivity index (χ0) is 9.36. The lowest BCUT2D eigenvalue weighted by Crippen LogP contribution is -1.84. The van der Waals surface area contributed by atoms with E-state index < -0.39 is 0 Å². The van der Waals surface area contributed by atoms with Gasteiger partial charge in [-0.15, -0.1) is 5.11 Å². The molecule has 0 saturated heterocycles. The van der Waals surface area contributed by atoms with E-state index in [1.165, 1.54) is 0 Å². The van der Waals surface area contributed by atoms with E-state index in [4.69, 9.17) is 4.84 Å². The fourth-order valence-electron chi connectivity index (χ4n) is 0.820. The number of benzene rings is 1. The minimum absolute atomic E-state index is 0.646. The van der Waals surface area contributed by atoms with Crippen LogP contribution < -0.4 is 0 Å². The molecule has 0 saturated carbocycles. The summed E-state index contributed by atoms with van der Waals surface area (Å²) in [6, 6.07) is 9.54. The lowest BCUT2D eigenvalue weighted by atomic mass is 10.3. The normalized spacial score (nSPS) is 10.5. The predicted molar refractivity (Wildman–Crippen MR) is 51.8 cm³/mol. The second kappa shape index (κ2) is 6.17. The SMILES string of the molecule is CCCCON=Nc1ccccc1. The third kappa shape index (κ3) is 4.25. The van der Waals surface area contributed by atoms with E-state index in [1.807, 2.05) is 30.3 Å². The first-order valence-electron chi connectivity index (χ1n) is 4.51. The third-order valence-electron chi connectivity index (χ3n) is 1.56. The van der Waals surface area contributed by atoms with Crippen LogP contribution in [0.25, 0.3) is 0 Å². The zero-order valence-electron chi connectivity index (χ0n) is 7.81. The second-order valence-electron chi connectivity index (χ2n) is 2.70. The van der Waals surface area contributed by atoms with Gasteiger partial charge < -0.3 is 4.84 Å². The summed E-state index contributed by atoms with van der Waals surface area (Å²) in [5.41, 5.74) is 0.819. The van der Waals surface area contributed by atoms with Crippen molar-refractivity contribution >= 4 is 5.69 Å². The zero-order valence-corrected chi connectivity index (χ0v) is 7.81. The monoisotopic (exact) mass is 178 g/mol. The predicted octanol–water partition coefficient (Wildman–Crippen LogP) is 3.50. The van der Waals surface area contributed by atoms with Gasteiger partial charge in [0.15, 0.2) is 0 Å². The quantitative estimate of drug-likeness (QED) is 0.386. The Morgan fingerprint density at radius 3 is 2.69 bits per heavy atom. The van der Waals surface area contributed by atoms with Gasteiger partial charge in [0.1, 0.15) is 6.61 Å². The highest BCUT2D eigenvalue weighted by atomic mass is 16.6. The summed E-state index contributed by atoms with van der Waals surface area (Å²) in [7, 11) is 0. The summed E-state index contributed by atoms with van der Waals surface area (Å²) < 4.78 is 0. The van der Waals surface area contributed by atoms with Crippen LogP contribution in [0.4, 0.5) is 5.69 Å². The Morgan fingerprint density at radius 1 is 1.23 bits per heavy atom. The Bertz CT molecular complexity index is 246. The maximum atomic E-state index is 4.94. The van der Waals surface area contributed by atoms with E-state index in [-0.39, 0.29) is 0 Å². The van der Waals surface area contributed by atoms with Gasteiger partial charge >= 0.3 is 0 Å². The lowest BCUT2D eigenvalue weighted by molar-refractivity contribution is 0.123. The van der Waals surface area contributed by atoms with Crippen molar-refractivity contribution in [2.75, 3.05) is 6.61 Å². The second-order valence-corrected chi connectivity index (χ2v) is 2.70. The first-order chi connectivity index (χ1) is 6.43. The van der Waals surface area contributed by atoms with Gasteiger partial charge in [0.25, 0.3) is 0 Å². The number of hydrogen-bond donors (Lipinski definition) is 0. The molecule has 0 fully saturated rings. The maximum Gasteiger partial charge on any atom is 0.119 e. The van der Waals surface area contributed by atoms with Crippen molar-refractivity contribution in [2.24, 2.45) is 10.4 Å². The third-order valence-corrected chi connectivity index (χ3v) is 1.56. The van der Waals surface area contributed by atoms with Crippen molar-refractivity contribution < 1.29 is 4.84 Å². The first kappa shape index (κ1) is 9.71. The molecule has 0 aromatic heterocycles. The number of rotatable bonds is 5. The van der Waals surface area contributed by atoms with Crippen molar-refractivity contribution in [3.63, 3.8) is 0 Å². The molecule has 0 heterocycles. The smallest absolute Gasteiger partial charge is 0.119 e. The molecular formula is C10H14N2O. The van der Waals surface area contributed by atoms with E-state index in [9.17, 15) is 0 Å². The Morgan fingerprint density at radius 2 is 2.00 bits per heavy atom. The van der Waals surface area contributed by atoms with Crippen LogP contribution in [0.1, 0.15) is 19.8 Å². The van der Waals surface area contributed by atoms with E-state index in [0.717, 1.165) is 18.5 Å². The Balaban J connectivity index is 2.25. The highest BCUT2D eigenvalue weighted by molar-refractivity contribution is 5.34. The van der Waals surface area contributed by atoms with Gasteiger partial charge in [-0.2, -0.15) is 0 Å². The number of hydrogen-bond acceptors (Lipinski definition) is 3. The molecule has 0 aliphatic heterocycles. The molecule has 0 amide bonds. The first-order valence-corrected chi connectivity index (χ1v) is 4.51. The summed E-state index contributed by atoms with van der Waals surface area (Å²) in [6.45, 7) is 2.75. The summed E-state index contributed by atoms with van der Waals surface area (Å²) in [5, 5.41) is 7.48. The molecule has 0 unspecified atom stereocenters. The summed E-state index contributed by atoms with van der Waals surface area (Å²) in [4.78, 5) is 4.94. The molecule has 0 spiro atoms. The summed E-state index contributed by atoms with van der Waals surface area (Å²) in [6.07, 6.45) is 2.13. The molecule has 13 heavy (non-hydrogen) atoms. The highest BCUT2D eigenvalue weighted by Gasteiger charge is 1.85. The molecule has 0 aliphatic rings. The molecule has 1 aromatic carbocycles. The topological polar surface area (TPSA) is 34.0 Å². The number of unbranched alkanes of at least 4 members (excludes halogenated alkanes) is 1. The average Bonchev–Trinajstić information content (AvgIpc) is 2.19. The van der Waals surface area contributed by atoms with E-state index in [1.54, 1.807) is 0 Å². The highest BCUT2D eigenvalue weighted by Crippen LogP contribution is 2.09. The van der Waals surface area contributed by atoms with Crippen LogP contribution in [0, 0.1) is 0 Å². The lowest BCUT2D eigenvalue weighted by Gasteiger charge is -1.94. The van der Waals surface area contributed by atoms with Crippen LogP contribution >= 0.6 is 0 Å². The fourth-order valence-corrected chi connectivity index (χ4v) is 0.820. The number of nitrogens with zero attached hydrogens (tertiary/aromatic N) is 2. The molecule has 0 bridgehead atoms.